The second-order valence-corrected chi connectivity index (χ2v) is 2.63. The lowest BCUT2D eigenvalue weighted by Crippen LogP contribution is -2.10. The minimum atomic E-state index is -0.968. The summed E-state index contributed by atoms with van der Waals surface area (Å²) < 4.78 is 0. The molecule has 0 spiro atoms. The van der Waals surface area contributed by atoms with E-state index in [4.69, 9.17) is 5.11 Å². The van der Waals surface area contributed by atoms with Gasteiger partial charge in [0.25, 0.3) is 0 Å². The number of hydrogen-bond acceptors (Lipinski definition) is 3. The van der Waals surface area contributed by atoms with Crippen molar-refractivity contribution in [2.24, 2.45) is 5.73 Å². The highest BCUT2D eigenvalue weighted by atomic mass is 16.4. The maximum absolute atomic E-state index is 10.2. The number of nitrogens with two attached hydrogens (primary N) is 1. The average molecular weight is 195 g/mol. The van der Waals surface area contributed by atoms with Crippen LogP contribution in [0.5, 0.6) is 0 Å². The number of aryl methyl sites for hydroxylation is 1. The zero-order valence-corrected chi connectivity index (χ0v) is 7.93. The number of carboxylic acids is 1. The molecule has 0 aliphatic heterocycles. The van der Waals surface area contributed by atoms with Crippen LogP contribution in [-0.2, 0) is 4.79 Å². The van der Waals surface area contributed by atoms with Crippen molar-refractivity contribution >= 4 is 12.3 Å². The van der Waals surface area contributed by atoms with E-state index in [0.717, 1.165) is 17.4 Å². The predicted molar refractivity (Wildman–Crippen MR) is 53.3 cm³/mol. The third-order valence-corrected chi connectivity index (χ3v) is 1.35. The standard InChI is InChI=1S/C8H8O.C2H5NO2/c1-7-3-2-4-8(5-7)6-9;3-1-2(4)5/h2-6H,1H3;1,3H2,(H,4,5). The van der Waals surface area contributed by atoms with Crippen LogP contribution in [-0.4, -0.2) is 23.9 Å². The Morgan fingerprint density at radius 3 is 2.43 bits per heavy atom. The molecule has 0 heterocycles. The molecule has 0 bridgehead atoms. The van der Waals surface area contributed by atoms with Crippen molar-refractivity contribution in [2.75, 3.05) is 6.54 Å². The van der Waals surface area contributed by atoms with Crippen LogP contribution < -0.4 is 5.73 Å². The number of hydrogen-bond donors (Lipinski definition) is 2. The molecule has 3 N–H and O–H groups in total. The second kappa shape index (κ2) is 6.80. The zero-order chi connectivity index (χ0) is 11.0. The maximum Gasteiger partial charge on any atom is 0.317 e. The molecule has 0 aliphatic carbocycles. The molecule has 1 aromatic rings. The van der Waals surface area contributed by atoms with E-state index in [9.17, 15) is 9.59 Å². The van der Waals surface area contributed by atoms with E-state index in [1.165, 1.54) is 0 Å². The summed E-state index contributed by atoms with van der Waals surface area (Å²) in [5, 5.41) is 7.60. The highest BCUT2D eigenvalue weighted by Gasteiger charge is 1.86. The van der Waals surface area contributed by atoms with Crippen molar-refractivity contribution in [2.45, 2.75) is 6.92 Å². The van der Waals surface area contributed by atoms with E-state index in [1.54, 1.807) is 6.07 Å². The van der Waals surface area contributed by atoms with Crippen LogP contribution in [0.4, 0.5) is 0 Å². The smallest absolute Gasteiger partial charge is 0.317 e. The zero-order valence-electron chi connectivity index (χ0n) is 7.93. The van der Waals surface area contributed by atoms with E-state index in [2.05, 4.69) is 5.73 Å². The van der Waals surface area contributed by atoms with Crippen molar-refractivity contribution in [3.8, 4) is 0 Å². The molecule has 0 aromatic heterocycles. The third kappa shape index (κ3) is 5.91. The normalized spacial score (nSPS) is 8.43. The number of carboxylic acid groups (broad SMARTS) is 1. The summed E-state index contributed by atoms with van der Waals surface area (Å²) in [4.78, 5) is 19.4. The van der Waals surface area contributed by atoms with Crippen LogP contribution in [0.15, 0.2) is 24.3 Å². The molecule has 4 heteroatoms. The van der Waals surface area contributed by atoms with Crippen LogP contribution in [0, 0.1) is 6.92 Å². The van der Waals surface area contributed by atoms with Gasteiger partial charge in [0.1, 0.15) is 6.29 Å². The minimum absolute atomic E-state index is 0.278. The van der Waals surface area contributed by atoms with E-state index < -0.39 is 5.97 Å². The van der Waals surface area contributed by atoms with Crippen molar-refractivity contribution in [1.29, 1.82) is 0 Å². The van der Waals surface area contributed by atoms with Gasteiger partial charge in [0, 0.05) is 5.56 Å². The second-order valence-electron chi connectivity index (χ2n) is 2.63. The lowest BCUT2D eigenvalue weighted by molar-refractivity contribution is -0.135. The molecule has 0 saturated heterocycles. The Hall–Kier alpha value is -1.68. The molecule has 0 unspecified atom stereocenters. The van der Waals surface area contributed by atoms with Gasteiger partial charge in [-0.25, -0.2) is 0 Å². The van der Waals surface area contributed by atoms with Gasteiger partial charge in [-0.1, -0.05) is 23.8 Å². The van der Waals surface area contributed by atoms with E-state index in [-0.39, 0.29) is 6.54 Å². The van der Waals surface area contributed by atoms with E-state index in [1.807, 2.05) is 25.1 Å². The first-order valence-electron chi connectivity index (χ1n) is 4.04. The molecule has 4 nitrogen and oxygen atoms in total. The molecule has 0 fully saturated rings. The minimum Gasteiger partial charge on any atom is -0.480 e. The van der Waals surface area contributed by atoms with Gasteiger partial charge in [-0.15, -0.1) is 0 Å². The Morgan fingerprint density at radius 2 is 2.14 bits per heavy atom. The highest BCUT2D eigenvalue weighted by molar-refractivity contribution is 5.74. The summed E-state index contributed by atoms with van der Waals surface area (Å²) >= 11 is 0. The first-order valence-corrected chi connectivity index (χ1v) is 4.04. The number of carbonyl (C=O) groups is 2. The summed E-state index contributed by atoms with van der Waals surface area (Å²) in [5.41, 5.74) is 6.44. The molecule has 76 valence electrons. The van der Waals surface area contributed by atoms with Gasteiger partial charge >= 0.3 is 5.97 Å². The number of aldehydes is 1. The van der Waals surface area contributed by atoms with Gasteiger partial charge in [0.05, 0.1) is 6.54 Å². The average Bonchev–Trinajstić information content (AvgIpc) is 2.18. The number of carbonyl (C=O) groups excluding carboxylic acids is 1. The molecule has 1 aromatic carbocycles. The van der Waals surface area contributed by atoms with Crippen molar-refractivity contribution in [1.82, 2.24) is 0 Å². The molecule has 0 atom stereocenters. The van der Waals surface area contributed by atoms with E-state index >= 15 is 0 Å². The molecule has 1 rings (SSSR count). The van der Waals surface area contributed by atoms with Gasteiger partial charge in [-0.05, 0) is 13.0 Å². The lowest BCUT2D eigenvalue weighted by atomic mass is 10.2. The number of aliphatic carboxylic acids is 1. The lowest BCUT2D eigenvalue weighted by Gasteiger charge is -1.89. The van der Waals surface area contributed by atoms with E-state index in [0.29, 0.717) is 0 Å². The fourth-order valence-electron chi connectivity index (χ4n) is 0.743. The van der Waals surface area contributed by atoms with Gasteiger partial charge in [-0.3, -0.25) is 9.59 Å². The van der Waals surface area contributed by atoms with Crippen molar-refractivity contribution in [3.05, 3.63) is 35.4 Å². The SMILES string of the molecule is Cc1cccc(C=O)c1.NCC(=O)O. The van der Waals surface area contributed by atoms with Crippen LogP contribution in [0.2, 0.25) is 0 Å². The van der Waals surface area contributed by atoms with Crippen LogP contribution in [0.1, 0.15) is 15.9 Å². The molecule has 0 radical (unpaired) electrons. The Balaban J connectivity index is 0.000000292. The Labute approximate surface area is 82.4 Å². The topological polar surface area (TPSA) is 80.4 Å². The van der Waals surface area contributed by atoms with Crippen LogP contribution in [0.25, 0.3) is 0 Å². The summed E-state index contributed by atoms with van der Waals surface area (Å²) in [6.07, 6.45) is 0.854. The molecular weight excluding hydrogens is 182 g/mol. The van der Waals surface area contributed by atoms with Crippen LogP contribution in [0.3, 0.4) is 0 Å². The third-order valence-electron chi connectivity index (χ3n) is 1.35. The molecular formula is C10H13NO3. The van der Waals surface area contributed by atoms with Gasteiger partial charge in [-0.2, -0.15) is 0 Å². The van der Waals surface area contributed by atoms with Crippen molar-refractivity contribution < 1.29 is 14.7 Å². The Kier molecular flexibility index (Phi) is 5.98. The fraction of sp³-hybridized carbons (Fsp3) is 0.200. The van der Waals surface area contributed by atoms with Crippen LogP contribution >= 0.6 is 0 Å². The Morgan fingerprint density at radius 1 is 1.57 bits per heavy atom. The summed E-state index contributed by atoms with van der Waals surface area (Å²) in [7, 11) is 0. The summed E-state index contributed by atoms with van der Waals surface area (Å²) in [5.74, 6) is -0.968. The molecule has 14 heavy (non-hydrogen) atoms. The fourth-order valence-corrected chi connectivity index (χ4v) is 0.743. The first-order chi connectivity index (χ1) is 6.60. The summed E-state index contributed by atoms with van der Waals surface area (Å²) in [6.45, 7) is 1.69. The molecule has 0 amide bonds. The quantitative estimate of drug-likeness (QED) is 0.685. The van der Waals surface area contributed by atoms with Gasteiger partial charge in [0.15, 0.2) is 0 Å². The largest absolute Gasteiger partial charge is 0.480 e. The molecule has 0 saturated carbocycles. The first kappa shape index (κ1) is 12.3. The number of benzene rings is 1. The molecule has 0 aliphatic rings. The van der Waals surface area contributed by atoms with Gasteiger partial charge < -0.3 is 10.8 Å². The van der Waals surface area contributed by atoms with Gasteiger partial charge in [0.2, 0.25) is 0 Å². The summed E-state index contributed by atoms with van der Waals surface area (Å²) in [6, 6.07) is 7.49. The monoisotopic (exact) mass is 195 g/mol. The maximum atomic E-state index is 10.2. The number of rotatable bonds is 2. The predicted octanol–water partition coefficient (Wildman–Crippen LogP) is 0.837. The Bertz CT molecular complexity index is 310. The highest BCUT2D eigenvalue weighted by Crippen LogP contribution is 1.99. The van der Waals surface area contributed by atoms with Crippen molar-refractivity contribution in [3.63, 3.8) is 0 Å².